The van der Waals surface area contributed by atoms with Crippen molar-refractivity contribution in [3.8, 4) is 0 Å². The molecule has 0 aromatic heterocycles. The van der Waals surface area contributed by atoms with Crippen LogP contribution in [0.15, 0.2) is 54.6 Å². The monoisotopic (exact) mass is 538 g/mol. The van der Waals surface area contributed by atoms with Gasteiger partial charge < -0.3 is 19.6 Å². The van der Waals surface area contributed by atoms with Crippen LogP contribution in [0.4, 0.5) is 0 Å². The van der Waals surface area contributed by atoms with E-state index in [0.717, 1.165) is 44.1 Å². The molecule has 5 rings (SSSR count). The molecule has 2 fully saturated rings. The first-order valence-electron chi connectivity index (χ1n) is 14.0. The van der Waals surface area contributed by atoms with Crippen LogP contribution in [0, 0.1) is 11.8 Å². The molecular formula is C30H38N2O5S. The molecule has 1 aromatic rings. The summed E-state index contributed by atoms with van der Waals surface area (Å²) in [6.07, 6.45) is 13.8. The summed E-state index contributed by atoms with van der Waals surface area (Å²) >= 11 is 1.55. The van der Waals surface area contributed by atoms with E-state index in [2.05, 4.69) is 13.0 Å². The van der Waals surface area contributed by atoms with E-state index in [4.69, 9.17) is 4.74 Å². The van der Waals surface area contributed by atoms with Crippen LogP contribution in [0.3, 0.4) is 0 Å². The number of allylic oxidation sites excluding steroid dienone is 1. The normalized spacial score (nSPS) is 32.7. The molecule has 1 spiro atoms. The summed E-state index contributed by atoms with van der Waals surface area (Å²) in [6.45, 7) is 3.24. The van der Waals surface area contributed by atoms with E-state index in [1.165, 1.54) is 0 Å². The molecule has 38 heavy (non-hydrogen) atoms. The molecule has 4 heterocycles. The third kappa shape index (κ3) is 4.70. The molecule has 2 amide bonds. The average molecular weight is 539 g/mol. The van der Waals surface area contributed by atoms with Gasteiger partial charge in [-0.15, -0.1) is 11.8 Å². The number of amides is 2. The predicted molar refractivity (Wildman–Crippen MR) is 147 cm³/mol. The van der Waals surface area contributed by atoms with Crippen LogP contribution < -0.4 is 0 Å². The molecule has 0 aliphatic carbocycles. The molecule has 8 heteroatoms. The summed E-state index contributed by atoms with van der Waals surface area (Å²) in [5, 5.41) is 10.3. The van der Waals surface area contributed by atoms with Gasteiger partial charge in [0.2, 0.25) is 11.8 Å². The van der Waals surface area contributed by atoms with Crippen LogP contribution in [-0.4, -0.2) is 75.0 Å². The lowest BCUT2D eigenvalue weighted by molar-refractivity contribution is -0.153. The van der Waals surface area contributed by atoms with Gasteiger partial charge in [0.1, 0.15) is 6.04 Å². The highest BCUT2D eigenvalue weighted by atomic mass is 32.2. The number of hydrogen-bond donors (Lipinski definition) is 1. The number of fused-ring (bicyclic) bond motifs is 2. The Labute approximate surface area is 229 Å². The highest BCUT2D eigenvalue weighted by Crippen LogP contribution is 2.61. The molecule has 7 nitrogen and oxygen atoms in total. The fourth-order valence-electron chi connectivity index (χ4n) is 6.52. The summed E-state index contributed by atoms with van der Waals surface area (Å²) in [4.78, 5) is 45.8. The van der Waals surface area contributed by atoms with Gasteiger partial charge in [-0.1, -0.05) is 74.4 Å². The van der Waals surface area contributed by atoms with E-state index in [9.17, 15) is 19.5 Å². The second kappa shape index (κ2) is 11.7. The third-order valence-corrected chi connectivity index (χ3v) is 10.1. The number of esters is 1. The molecule has 6 atom stereocenters. The fraction of sp³-hybridized carbons (Fsp3) is 0.567. The second-order valence-electron chi connectivity index (χ2n) is 10.7. The number of ether oxygens (including phenoxy) is 1. The van der Waals surface area contributed by atoms with Crippen molar-refractivity contribution in [3.63, 3.8) is 0 Å². The van der Waals surface area contributed by atoms with Gasteiger partial charge in [0.25, 0.3) is 0 Å². The Hall–Kier alpha value is -2.58. The number of likely N-dealkylation sites (tertiary alicyclic amines) is 1. The van der Waals surface area contributed by atoms with Crippen molar-refractivity contribution in [2.75, 3.05) is 26.3 Å². The topological polar surface area (TPSA) is 87.2 Å². The van der Waals surface area contributed by atoms with Gasteiger partial charge in [-0.05, 0) is 31.2 Å². The third-order valence-electron chi connectivity index (χ3n) is 8.35. The van der Waals surface area contributed by atoms with Crippen molar-refractivity contribution < 1.29 is 24.2 Å². The summed E-state index contributed by atoms with van der Waals surface area (Å²) in [7, 11) is 0. The Bertz CT molecular complexity index is 1090. The Morgan fingerprint density at radius 1 is 1.11 bits per heavy atom. The van der Waals surface area contributed by atoms with Gasteiger partial charge in [-0.25, -0.2) is 0 Å². The minimum absolute atomic E-state index is 0.107. The number of thioether (sulfide) groups is 1. The number of cyclic esters (lactones) is 1. The number of hydrogen-bond acceptors (Lipinski definition) is 6. The summed E-state index contributed by atoms with van der Waals surface area (Å²) < 4.78 is 4.78. The van der Waals surface area contributed by atoms with Crippen molar-refractivity contribution in [2.45, 2.75) is 67.5 Å². The Morgan fingerprint density at radius 3 is 2.68 bits per heavy atom. The lowest BCUT2D eigenvalue weighted by atomic mass is 9.78. The number of aliphatic hydroxyl groups is 1. The van der Waals surface area contributed by atoms with E-state index in [-0.39, 0.29) is 29.6 Å². The zero-order valence-corrected chi connectivity index (χ0v) is 22.9. The summed E-state index contributed by atoms with van der Waals surface area (Å²) in [5.74, 6) is -2.16. The highest BCUT2D eigenvalue weighted by molar-refractivity contribution is 8.02. The van der Waals surface area contributed by atoms with Gasteiger partial charge in [-0.3, -0.25) is 14.4 Å². The number of benzene rings is 1. The highest BCUT2D eigenvalue weighted by Gasteiger charge is 2.71. The minimum Gasteiger partial charge on any atom is -0.465 e. The molecule has 2 saturated heterocycles. The van der Waals surface area contributed by atoms with Crippen molar-refractivity contribution in [1.29, 1.82) is 0 Å². The van der Waals surface area contributed by atoms with Crippen molar-refractivity contribution in [2.24, 2.45) is 11.8 Å². The Balaban J connectivity index is 1.61. The van der Waals surface area contributed by atoms with Crippen LogP contribution in [0.1, 0.15) is 57.1 Å². The van der Waals surface area contributed by atoms with E-state index < -0.39 is 28.7 Å². The lowest BCUT2D eigenvalue weighted by Gasteiger charge is -2.38. The molecule has 1 N–H and O–H groups in total. The Kier molecular flexibility index (Phi) is 8.29. The van der Waals surface area contributed by atoms with E-state index >= 15 is 0 Å². The van der Waals surface area contributed by atoms with Crippen LogP contribution in [0.25, 0.3) is 0 Å². The van der Waals surface area contributed by atoms with Crippen molar-refractivity contribution >= 4 is 29.5 Å². The van der Waals surface area contributed by atoms with Gasteiger partial charge in [0.05, 0.1) is 35.8 Å². The molecule has 1 unspecified atom stereocenters. The lowest BCUT2D eigenvalue weighted by Crippen LogP contribution is -2.54. The van der Waals surface area contributed by atoms with Crippen LogP contribution in [0.5, 0.6) is 0 Å². The largest absolute Gasteiger partial charge is 0.465 e. The quantitative estimate of drug-likeness (QED) is 0.322. The number of nitrogens with zero attached hydrogens (tertiary/aromatic N) is 2. The summed E-state index contributed by atoms with van der Waals surface area (Å²) in [6, 6.07) is 7.88. The zero-order valence-electron chi connectivity index (χ0n) is 22.0. The number of carbonyl (C=O) groups is 3. The Morgan fingerprint density at radius 2 is 1.92 bits per heavy atom. The fourth-order valence-corrected chi connectivity index (χ4v) is 8.51. The van der Waals surface area contributed by atoms with Gasteiger partial charge >= 0.3 is 5.97 Å². The molecule has 1 aromatic carbocycles. The average Bonchev–Trinajstić information content (AvgIpc) is 3.32. The number of carbonyl (C=O) groups excluding carboxylic acids is 3. The number of aliphatic hydroxyl groups excluding tert-OH is 1. The summed E-state index contributed by atoms with van der Waals surface area (Å²) in [5.41, 5.74) is 0.770. The SMILES string of the molecule is CCCCCN1CC=C[C@]23S[C@@H]4/C=C\CCCCOC(=O)[C@@H]4[C@H]2C(=O)N([C@H](CO)c2ccccc2)C3C1=O. The predicted octanol–water partition coefficient (Wildman–Crippen LogP) is 3.89. The first-order valence-corrected chi connectivity index (χ1v) is 14.9. The van der Waals surface area contributed by atoms with E-state index in [0.29, 0.717) is 19.7 Å². The van der Waals surface area contributed by atoms with Gasteiger partial charge in [-0.2, -0.15) is 0 Å². The molecular weight excluding hydrogens is 500 g/mol. The first kappa shape index (κ1) is 27.0. The van der Waals surface area contributed by atoms with E-state index in [1.54, 1.807) is 16.7 Å². The second-order valence-corrected chi connectivity index (χ2v) is 12.2. The molecule has 0 bridgehead atoms. The zero-order chi connectivity index (χ0) is 26.7. The first-order chi connectivity index (χ1) is 18.5. The van der Waals surface area contributed by atoms with Gasteiger partial charge in [0, 0.05) is 18.3 Å². The molecule has 4 aliphatic rings. The maximum absolute atomic E-state index is 14.5. The smallest absolute Gasteiger partial charge is 0.311 e. The standard InChI is InChI=1S/C30H38N2O5S/c1-2-3-10-17-31-18-12-16-30-25(24-23(38-30)15-9-4-5-11-19-37-29(24)36)27(34)32(26(30)28(31)35)22(20-33)21-13-7-6-8-14-21/h6-9,12-16,22-26,33H,2-5,10-11,17-20H2,1H3/b15-9-/t22-,23-,24+,25+,26?,30+/m1/s1. The van der Waals surface area contributed by atoms with Crippen molar-refractivity contribution in [3.05, 3.63) is 60.2 Å². The molecule has 204 valence electrons. The van der Waals surface area contributed by atoms with E-state index in [1.807, 2.05) is 53.5 Å². The minimum atomic E-state index is -0.914. The maximum Gasteiger partial charge on any atom is 0.311 e. The van der Waals surface area contributed by atoms with Gasteiger partial charge in [0.15, 0.2) is 0 Å². The maximum atomic E-state index is 14.5. The van der Waals surface area contributed by atoms with Crippen molar-refractivity contribution in [1.82, 2.24) is 9.80 Å². The van der Waals surface area contributed by atoms with Crippen LogP contribution in [-0.2, 0) is 19.1 Å². The molecule has 4 aliphatic heterocycles. The molecule has 0 radical (unpaired) electrons. The van der Waals surface area contributed by atoms with Crippen LogP contribution >= 0.6 is 11.8 Å². The number of rotatable bonds is 7. The van der Waals surface area contributed by atoms with Crippen LogP contribution in [0.2, 0.25) is 0 Å². The molecule has 0 saturated carbocycles. The number of unbranched alkanes of at least 4 members (excludes halogenated alkanes) is 2.